The molecule has 0 spiro atoms. The molecule has 0 saturated heterocycles. The second kappa shape index (κ2) is 5.14. The summed E-state index contributed by atoms with van der Waals surface area (Å²) >= 11 is 0. The largest absolute Gasteiger partial charge is 0.396 e. The molecule has 80 valence electrons. The van der Waals surface area contributed by atoms with Gasteiger partial charge in [0, 0.05) is 12.8 Å². The summed E-state index contributed by atoms with van der Waals surface area (Å²) in [7, 11) is 3.88. The molecule has 0 aromatic rings. The minimum atomic E-state index is -2.09. The van der Waals surface area contributed by atoms with Crippen LogP contribution in [0.1, 0.15) is 19.8 Å². The fraction of sp³-hybridized carbons (Fsp3) is 1.00. The highest BCUT2D eigenvalue weighted by Gasteiger charge is 2.33. The number of nitrogens with zero attached hydrogens (tertiary/aromatic N) is 1. The Hall–Kier alpha value is 0.150. The van der Waals surface area contributed by atoms with Crippen LogP contribution in [0.2, 0.25) is 0 Å². The van der Waals surface area contributed by atoms with E-state index in [9.17, 15) is 4.57 Å². The Bertz CT molecular complexity index is 187. The predicted octanol–water partition coefficient (Wildman–Crippen LogP) is 1.76. The van der Waals surface area contributed by atoms with Crippen LogP contribution in [0.4, 0.5) is 0 Å². The quantitative estimate of drug-likeness (QED) is 0.533. The van der Waals surface area contributed by atoms with E-state index >= 15 is 0 Å². The summed E-state index contributed by atoms with van der Waals surface area (Å²) in [4.78, 5) is 0. The van der Waals surface area contributed by atoms with Gasteiger partial charge in [0.15, 0.2) is 0 Å². The van der Waals surface area contributed by atoms with E-state index in [1.807, 2.05) is 28.1 Å². The fourth-order valence-corrected chi connectivity index (χ4v) is 3.84. The standard InChI is InChI=1S/C9H23NO2P/c1-5-13(12,10(2,3)4)9-7-6-8-11/h11H,5-9H2,1-4H3/q+1. The Morgan fingerprint density at radius 2 is 1.77 bits per heavy atom. The highest BCUT2D eigenvalue weighted by molar-refractivity contribution is 7.58. The van der Waals surface area contributed by atoms with Gasteiger partial charge in [0.25, 0.3) is 0 Å². The third kappa shape index (κ3) is 3.80. The van der Waals surface area contributed by atoms with Crippen LogP contribution in [0.3, 0.4) is 0 Å². The summed E-state index contributed by atoms with van der Waals surface area (Å²) in [6.07, 6.45) is 3.15. The molecule has 0 fully saturated rings. The van der Waals surface area contributed by atoms with Gasteiger partial charge >= 0.3 is 0 Å². The van der Waals surface area contributed by atoms with Crippen molar-refractivity contribution in [3.63, 3.8) is 0 Å². The molecule has 1 unspecified atom stereocenters. The van der Waals surface area contributed by atoms with Crippen molar-refractivity contribution in [1.82, 2.24) is 0 Å². The first-order valence-electron chi connectivity index (χ1n) is 4.88. The Morgan fingerprint density at radius 3 is 2.08 bits per heavy atom. The van der Waals surface area contributed by atoms with E-state index in [1.165, 1.54) is 0 Å². The zero-order valence-corrected chi connectivity index (χ0v) is 10.2. The molecule has 0 heterocycles. The maximum Gasteiger partial charge on any atom is 0.247 e. The van der Waals surface area contributed by atoms with Gasteiger partial charge in [0.1, 0.15) is 0 Å². The van der Waals surface area contributed by atoms with E-state index < -0.39 is 7.29 Å². The molecular formula is C9H23NO2P+. The van der Waals surface area contributed by atoms with Gasteiger partial charge in [-0.2, -0.15) is 0 Å². The van der Waals surface area contributed by atoms with Crippen molar-refractivity contribution in [1.29, 1.82) is 0 Å². The number of hydrogen-bond acceptors (Lipinski definition) is 2. The lowest BCUT2D eigenvalue weighted by Gasteiger charge is -2.33. The van der Waals surface area contributed by atoms with Crippen LogP contribution in [0.15, 0.2) is 0 Å². The van der Waals surface area contributed by atoms with Crippen LogP contribution in [0.5, 0.6) is 0 Å². The SMILES string of the molecule is CCP(=O)(CCCCO)[N+](C)(C)C. The smallest absolute Gasteiger partial charge is 0.247 e. The van der Waals surface area contributed by atoms with Gasteiger partial charge in [-0.25, -0.2) is 0 Å². The lowest BCUT2D eigenvalue weighted by atomic mass is 10.4. The molecule has 3 nitrogen and oxygen atoms in total. The molecule has 1 atom stereocenters. The average Bonchev–Trinajstić information content (AvgIpc) is 2.02. The van der Waals surface area contributed by atoms with Crippen molar-refractivity contribution in [2.24, 2.45) is 0 Å². The summed E-state index contributed by atoms with van der Waals surface area (Å²) in [5.41, 5.74) is 0. The van der Waals surface area contributed by atoms with E-state index in [0.29, 0.717) is 4.25 Å². The van der Waals surface area contributed by atoms with Crippen molar-refractivity contribution in [2.45, 2.75) is 19.8 Å². The van der Waals surface area contributed by atoms with Crippen molar-refractivity contribution >= 4 is 7.29 Å². The molecule has 0 amide bonds. The van der Waals surface area contributed by atoms with Crippen LogP contribution in [-0.2, 0) is 4.57 Å². The molecule has 0 aromatic carbocycles. The molecule has 0 aromatic heterocycles. The van der Waals surface area contributed by atoms with Crippen LogP contribution >= 0.6 is 7.29 Å². The Morgan fingerprint density at radius 1 is 1.23 bits per heavy atom. The Labute approximate surface area is 81.8 Å². The molecule has 0 saturated carbocycles. The molecule has 13 heavy (non-hydrogen) atoms. The molecule has 0 radical (unpaired) electrons. The normalized spacial score (nSPS) is 17.0. The van der Waals surface area contributed by atoms with E-state index in [-0.39, 0.29) is 6.61 Å². The topological polar surface area (TPSA) is 37.3 Å². The van der Waals surface area contributed by atoms with Crippen molar-refractivity contribution in [2.75, 3.05) is 40.1 Å². The van der Waals surface area contributed by atoms with Crippen LogP contribution in [0.25, 0.3) is 0 Å². The maximum absolute atomic E-state index is 12.4. The lowest BCUT2D eigenvalue weighted by molar-refractivity contribution is -0.746. The van der Waals surface area contributed by atoms with Gasteiger partial charge in [0.05, 0.1) is 27.3 Å². The van der Waals surface area contributed by atoms with Gasteiger partial charge in [0.2, 0.25) is 7.29 Å². The molecule has 0 aliphatic carbocycles. The first kappa shape index (κ1) is 13.2. The third-order valence-corrected chi connectivity index (χ3v) is 6.69. The molecule has 0 aliphatic rings. The molecule has 4 heteroatoms. The second-order valence-electron chi connectivity index (χ2n) is 4.26. The number of unbranched alkanes of at least 4 members (excludes halogenated alkanes) is 1. The van der Waals surface area contributed by atoms with Gasteiger partial charge in [-0.3, -0.25) is 8.82 Å². The fourth-order valence-electron chi connectivity index (χ4n) is 1.35. The maximum atomic E-state index is 12.4. The van der Waals surface area contributed by atoms with Crippen molar-refractivity contribution < 1.29 is 13.9 Å². The number of aliphatic hydroxyl groups excluding tert-OH is 1. The minimum Gasteiger partial charge on any atom is -0.396 e. The Kier molecular flexibility index (Phi) is 5.19. The summed E-state index contributed by atoms with van der Waals surface area (Å²) in [6, 6.07) is 0. The number of aliphatic hydroxyl groups is 1. The lowest BCUT2D eigenvalue weighted by Crippen LogP contribution is -2.32. The highest BCUT2D eigenvalue weighted by Crippen LogP contribution is 2.52. The zero-order valence-electron chi connectivity index (χ0n) is 9.29. The second-order valence-corrected chi connectivity index (χ2v) is 8.23. The van der Waals surface area contributed by atoms with Crippen LogP contribution in [0, 0.1) is 0 Å². The number of quaternary nitrogens is 1. The van der Waals surface area contributed by atoms with Gasteiger partial charge in [-0.1, -0.05) is 6.92 Å². The summed E-state index contributed by atoms with van der Waals surface area (Å²) in [6.45, 7) is 2.20. The van der Waals surface area contributed by atoms with E-state index in [0.717, 1.165) is 25.2 Å². The van der Waals surface area contributed by atoms with E-state index in [1.54, 1.807) is 0 Å². The molecule has 0 rings (SSSR count). The zero-order chi connectivity index (χ0) is 10.5. The van der Waals surface area contributed by atoms with E-state index in [2.05, 4.69) is 0 Å². The summed E-state index contributed by atoms with van der Waals surface area (Å²) in [5, 5.41) is 8.64. The van der Waals surface area contributed by atoms with Gasteiger partial charge in [-0.05, 0) is 12.8 Å². The number of rotatable bonds is 6. The average molecular weight is 208 g/mol. The first-order chi connectivity index (χ1) is 5.87. The van der Waals surface area contributed by atoms with Gasteiger partial charge < -0.3 is 5.11 Å². The predicted molar refractivity (Wildman–Crippen MR) is 57.4 cm³/mol. The van der Waals surface area contributed by atoms with E-state index in [4.69, 9.17) is 5.11 Å². The monoisotopic (exact) mass is 208 g/mol. The van der Waals surface area contributed by atoms with Crippen molar-refractivity contribution in [3.05, 3.63) is 0 Å². The molecule has 1 N–H and O–H groups in total. The minimum absolute atomic E-state index is 0.209. The van der Waals surface area contributed by atoms with Crippen LogP contribution < -0.4 is 0 Å². The van der Waals surface area contributed by atoms with Crippen molar-refractivity contribution in [3.8, 4) is 0 Å². The number of hydrogen-bond donors (Lipinski definition) is 1. The Balaban J connectivity index is 4.22. The van der Waals surface area contributed by atoms with Crippen LogP contribution in [-0.4, -0.2) is 49.4 Å². The summed E-state index contributed by atoms with van der Waals surface area (Å²) < 4.78 is 12.9. The van der Waals surface area contributed by atoms with Gasteiger partial charge in [-0.15, -0.1) is 0 Å². The molecule has 0 bridgehead atoms. The highest BCUT2D eigenvalue weighted by atomic mass is 31.2. The summed E-state index contributed by atoms with van der Waals surface area (Å²) in [5.74, 6) is 0. The third-order valence-electron chi connectivity index (χ3n) is 2.50. The molecular weight excluding hydrogens is 185 g/mol. The molecule has 0 aliphatic heterocycles. The first-order valence-corrected chi connectivity index (χ1v) is 6.91.